The van der Waals surface area contributed by atoms with E-state index in [0.29, 0.717) is 5.75 Å². The second kappa shape index (κ2) is 7.19. The molecule has 0 bridgehead atoms. The highest BCUT2D eigenvalue weighted by atomic mass is 32.2. The highest BCUT2D eigenvalue weighted by Crippen LogP contribution is 2.12. The molecule has 0 aliphatic carbocycles. The number of benzene rings is 1. The monoisotopic (exact) mass is 221 g/mol. The number of thioether (sulfide) groups is 1. The third-order valence-electron chi connectivity index (χ3n) is 1.86. The van der Waals surface area contributed by atoms with Crippen molar-refractivity contribution in [1.29, 1.82) is 5.26 Å². The molecule has 1 aromatic carbocycles. The lowest BCUT2D eigenvalue weighted by atomic mass is 10.2. The van der Waals surface area contributed by atoms with Gasteiger partial charge in [0.15, 0.2) is 0 Å². The third kappa shape index (κ3) is 5.34. The predicted octanol–water partition coefficient (Wildman–Crippen LogP) is 3.02. The van der Waals surface area contributed by atoms with Crippen LogP contribution in [-0.4, -0.2) is 18.1 Å². The first-order valence-electron chi connectivity index (χ1n) is 4.97. The number of ether oxygens (including phenoxy) is 1. The van der Waals surface area contributed by atoms with Gasteiger partial charge in [-0.15, -0.1) is 11.8 Å². The SMILES string of the molecule is Cc1cccc(OCCCSCC#N)c1. The molecular weight excluding hydrogens is 206 g/mol. The van der Waals surface area contributed by atoms with Gasteiger partial charge in [-0.2, -0.15) is 5.26 Å². The van der Waals surface area contributed by atoms with Crippen LogP contribution in [0.2, 0.25) is 0 Å². The molecule has 1 aromatic rings. The molecule has 3 heteroatoms. The number of nitrogens with zero attached hydrogens (tertiary/aromatic N) is 1. The zero-order valence-corrected chi connectivity index (χ0v) is 9.72. The van der Waals surface area contributed by atoms with Crippen LogP contribution in [0.3, 0.4) is 0 Å². The summed E-state index contributed by atoms with van der Waals surface area (Å²) in [5.74, 6) is 2.49. The van der Waals surface area contributed by atoms with Gasteiger partial charge < -0.3 is 4.74 Å². The summed E-state index contributed by atoms with van der Waals surface area (Å²) in [6.07, 6.45) is 0.986. The molecule has 0 spiro atoms. The molecule has 0 N–H and O–H groups in total. The first kappa shape index (κ1) is 11.9. The maximum absolute atomic E-state index is 8.33. The van der Waals surface area contributed by atoms with Crippen LogP contribution in [0.1, 0.15) is 12.0 Å². The molecule has 0 aliphatic rings. The van der Waals surface area contributed by atoms with E-state index in [9.17, 15) is 0 Å². The molecule has 0 fully saturated rings. The summed E-state index contributed by atoms with van der Waals surface area (Å²) in [4.78, 5) is 0. The summed E-state index contributed by atoms with van der Waals surface area (Å²) in [5, 5.41) is 8.33. The van der Waals surface area contributed by atoms with Crippen LogP contribution in [-0.2, 0) is 0 Å². The summed E-state index contributed by atoms with van der Waals surface area (Å²) in [6.45, 7) is 2.78. The van der Waals surface area contributed by atoms with Crippen LogP contribution in [0.5, 0.6) is 5.75 Å². The van der Waals surface area contributed by atoms with Crippen molar-refractivity contribution in [3.05, 3.63) is 29.8 Å². The van der Waals surface area contributed by atoms with E-state index >= 15 is 0 Å². The fraction of sp³-hybridized carbons (Fsp3) is 0.417. The van der Waals surface area contributed by atoms with Gasteiger partial charge in [-0.1, -0.05) is 12.1 Å². The van der Waals surface area contributed by atoms with Crippen molar-refractivity contribution < 1.29 is 4.74 Å². The Bertz CT molecular complexity index is 333. The van der Waals surface area contributed by atoms with Crippen molar-refractivity contribution in [2.24, 2.45) is 0 Å². The number of rotatable bonds is 6. The van der Waals surface area contributed by atoms with Gasteiger partial charge in [-0.05, 0) is 36.8 Å². The van der Waals surface area contributed by atoms with Crippen LogP contribution in [0.15, 0.2) is 24.3 Å². The van der Waals surface area contributed by atoms with E-state index in [1.165, 1.54) is 5.56 Å². The zero-order chi connectivity index (χ0) is 10.9. The molecule has 80 valence electrons. The second-order valence-electron chi connectivity index (χ2n) is 3.23. The molecule has 0 radical (unpaired) electrons. The minimum atomic E-state index is 0.574. The molecule has 0 aromatic heterocycles. The van der Waals surface area contributed by atoms with Crippen LogP contribution in [0.4, 0.5) is 0 Å². The molecule has 0 amide bonds. The average molecular weight is 221 g/mol. The van der Waals surface area contributed by atoms with Crippen LogP contribution < -0.4 is 4.74 Å². The molecule has 2 nitrogen and oxygen atoms in total. The standard InChI is InChI=1S/C12H15NOS/c1-11-4-2-5-12(10-11)14-7-3-8-15-9-6-13/h2,4-5,10H,3,7-9H2,1H3. The molecule has 0 aliphatic heterocycles. The van der Waals surface area contributed by atoms with E-state index in [1.54, 1.807) is 11.8 Å². The molecule has 15 heavy (non-hydrogen) atoms. The van der Waals surface area contributed by atoms with Gasteiger partial charge in [0.2, 0.25) is 0 Å². The Kier molecular flexibility index (Phi) is 5.72. The lowest BCUT2D eigenvalue weighted by molar-refractivity contribution is 0.318. The van der Waals surface area contributed by atoms with Crippen LogP contribution in [0.25, 0.3) is 0 Å². The first-order valence-corrected chi connectivity index (χ1v) is 6.12. The van der Waals surface area contributed by atoms with Gasteiger partial charge in [0.25, 0.3) is 0 Å². The molecule has 1 rings (SSSR count). The van der Waals surface area contributed by atoms with Crippen LogP contribution >= 0.6 is 11.8 Å². The highest BCUT2D eigenvalue weighted by Gasteiger charge is 1.94. The van der Waals surface area contributed by atoms with Gasteiger partial charge >= 0.3 is 0 Å². The summed E-state index contributed by atoms with van der Waals surface area (Å²) in [5.41, 5.74) is 1.21. The van der Waals surface area contributed by atoms with Crippen molar-refractivity contribution in [3.8, 4) is 11.8 Å². The molecular formula is C12H15NOS. The normalized spacial score (nSPS) is 9.60. The Morgan fingerprint density at radius 1 is 1.47 bits per heavy atom. The first-order chi connectivity index (χ1) is 7.33. The summed E-state index contributed by atoms with van der Waals surface area (Å²) in [7, 11) is 0. The molecule has 0 heterocycles. The summed E-state index contributed by atoms with van der Waals surface area (Å²) < 4.78 is 5.57. The van der Waals surface area contributed by atoms with Crippen molar-refractivity contribution in [2.75, 3.05) is 18.1 Å². The molecule has 0 saturated carbocycles. The molecule has 0 unspecified atom stereocenters. The maximum atomic E-state index is 8.33. The smallest absolute Gasteiger partial charge is 0.119 e. The fourth-order valence-electron chi connectivity index (χ4n) is 1.17. The van der Waals surface area contributed by atoms with E-state index < -0.39 is 0 Å². The number of aryl methyl sites for hydroxylation is 1. The lowest BCUT2D eigenvalue weighted by Crippen LogP contribution is -1.98. The largest absolute Gasteiger partial charge is 0.494 e. The molecule has 0 saturated heterocycles. The van der Waals surface area contributed by atoms with Crippen LogP contribution in [0, 0.1) is 18.3 Å². The van der Waals surface area contributed by atoms with Crippen molar-refractivity contribution >= 4 is 11.8 Å². The van der Waals surface area contributed by atoms with Gasteiger partial charge in [-0.3, -0.25) is 0 Å². The summed E-state index contributed by atoms with van der Waals surface area (Å²) >= 11 is 1.65. The van der Waals surface area contributed by atoms with Gasteiger partial charge in [0.1, 0.15) is 5.75 Å². The van der Waals surface area contributed by atoms with E-state index in [4.69, 9.17) is 10.00 Å². The van der Waals surface area contributed by atoms with Crippen molar-refractivity contribution in [2.45, 2.75) is 13.3 Å². The molecule has 0 atom stereocenters. The van der Waals surface area contributed by atoms with E-state index in [2.05, 4.69) is 19.1 Å². The van der Waals surface area contributed by atoms with Crippen molar-refractivity contribution in [1.82, 2.24) is 0 Å². The van der Waals surface area contributed by atoms with Gasteiger partial charge in [0, 0.05) is 0 Å². The minimum absolute atomic E-state index is 0.574. The summed E-state index contributed by atoms with van der Waals surface area (Å²) in [6, 6.07) is 10.2. The minimum Gasteiger partial charge on any atom is -0.494 e. The number of hydrogen-bond donors (Lipinski definition) is 0. The Morgan fingerprint density at radius 2 is 2.33 bits per heavy atom. The zero-order valence-electron chi connectivity index (χ0n) is 8.90. The fourth-order valence-corrected chi connectivity index (χ4v) is 1.73. The Balaban J connectivity index is 2.13. The predicted molar refractivity (Wildman–Crippen MR) is 64.2 cm³/mol. The maximum Gasteiger partial charge on any atom is 0.119 e. The Hall–Kier alpha value is -1.14. The average Bonchev–Trinajstić information content (AvgIpc) is 2.23. The van der Waals surface area contributed by atoms with E-state index in [0.717, 1.165) is 24.5 Å². The Labute approximate surface area is 95.3 Å². The highest BCUT2D eigenvalue weighted by molar-refractivity contribution is 7.99. The third-order valence-corrected chi connectivity index (χ3v) is 2.77. The number of nitriles is 1. The number of hydrogen-bond acceptors (Lipinski definition) is 3. The van der Waals surface area contributed by atoms with E-state index in [1.807, 2.05) is 18.2 Å². The Morgan fingerprint density at radius 3 is 3.07 bits per heavy atom. The topological polar surface area (TPSA) is 33.0 Å². The van der Waals surface area contributed by atoms with E-state index in [-0.39, 0.29) is 0 Å². The lowest BCUT2D eigenvalue weighted by Gasteiger charge is -2.05. The van der Waals surface area contributed by atoms with Crippen molar-refractivity contribution in [3.63, 3.8) is 0 Å². The van der Waals surface area contributed by atoms with Gasteiger partial charge in [-0.25, -0.2) is 0 Å². The van der Waals surface area contributed by atoms with Gasteiger partial charge in [0.05, 0.1) is 18.4 Å². The second-order valence-corrected chi connectivity index (χ2v) is 4.33. The quantitative estimate of drug-likeness (QED) is 0.692.